The van der Waals surface area contributed by atoms with E-state index in [0.717, 1.165) is 44.0 Å². The number of benzene rings is 1. The van der Waals surface area contributed by atoms with E-state index in [1.54, 1.807) is 7.11 Å². The molecule has 0 bridgehead atoms. The molecule has 140 valence electrons. The van der Waals surface area contributed by atoms with Crippen molar-refractivity contribution in [2.45, 2.75) is 20.0 Å². The highest BCUT2D eigenvalue weighted by atomic mass is 16.5. The molecule has 1 aromatic carbocycles. The van der Waals surface area contributed by atoms with Gasteiger partial charge in [-0.15, -0.1) is 0 Å². The molecule has 1 aliphatic rings. The Morgan fingerprint density at radius 3 is 2.38 bits per heavy atom. The fourth-order valence-corrected chi connectivity index (χ4v) is 2.98. The lowest BCUT2D eigenvalue weighted by molar-refractivity contribution is 0.129. The molecule has 0 radical (unpaired) electrons. The van der Waals surface area contributed by atoms with Crippen molar-refractivity contribution in [2.75, 3.05) is 50.9 Å². The number of rotatable bonds is 7. The molecule has 3 N–H and O–H groups in total. The Kier molecular flexibility index (Phi) is 6.19. The molecule has 2 aromatic rings. The quantitative estimate of drug-likeness (QED) is 0.764. The minimum atomic E-state index is 0.249. The number of methoxy groups -OCH3 is 1. The summed E-state index contributed by atoms with van der Waals surface area (Å²) in [5.74, 6) is 2.30. The van der Waals surface area contributed by atoms with Gasteiger partial charge in [0.1, 0.15) is 11.6 Å². The molecule has 0 unspecified atom stereocenters. The zero-order valence-electron chi connectivity index (χ0n) is 15.5. The highest BCUT2D eigenvalue weighted by Gasteiger charge is 2.17. The Balaban J connectivity index is 1.58. The standard InChI is InChI=1S/C18H27N7O/c1-3-24-8-10-25(11-9-24)13-16-21-17(19)23-18(22-16)20-12-14-4-6-15(26-2)7-5-14/h4-7H,3,8-13H2,1-2H3,(H3,19,20,21,22,23). The SMILES string of the molecule is CCN1CCN(Cc2nc(N)nc(NCc3ccc(OC)cc3)n2)CC1. The number of hydrogen-bond donors (Lipinski definition) is 2. The van der Waals surface area contributed by atoms with Gasteiger partial charge in [0.2, 0.25) is 11.9 Å². The highest BCUT2D eigenvalue weighted by Crippen LogP contribution is 2.13. The van der Waals surface area contributed by atoms with Crippen LogP contribution >= 0.6 is 0 Å². The minimum absolute atomic E-state index is 0.249. The summed E-state index contributed by atoms with van der Waals surface area (Å²) in [5.41, 5.74) is 6.98. The van der Waals surface area contributed by atoms with Crippen molar-refractivity contribution in [3.05, 3.63) is 35.7 Å². The third-order valence-electron chi connectivity index (χ3n) is 4.59. The van der Waals surface area contributed by atoms with E-state index in [4.69, 9.17) is 10.5 Å². The lowest BCUT2D eigenvalue weighted by atomic mass is 10.2. The number of piperazine rings is 1. The molecule has 1 aliphatic heterocycles. The Morgan fingerprint density at radius 1 is 1.04 bits per heavy atom. The molecule has 0 amide bonds. The van der Waals surface area contributed by atoms with Gasteiger partial charge in [0.05, 0.1) is 13.7 Å². The summed E-state index contributed by atoms with van der Waals surface area (Å²) in [6, 6.07) is 7.87. The van der Waals surface area contributed by atoms with Crippen molar-refractivity contribution in [1.82, 2.24) is 24.8 Å². The van der Waals surface area contributed by atoms with Crippen LogP contribution < -0.4 is 15.8 Å². The fourth-order valence-electron chi connectivity index (χ4n) is 2.98. The lowest BCUT2D eigenvalue weighted by Gasteiger charge is -2.33. The molecule has 2 heterocycles. The van der Waals surface area contributed by atoms with Crippen LogP contribution in [0.5, 0.6) is 5.75 Å². The lowest BCUT2D eigenvalue weighted by Crippen LogP contribution is -2.45. The van der Waals surface area contributed by atoms with E-state index >= 15 is 0 Å². The third kappa shape index (κ3) is 5.03. The van der Waals surface area contributed by atoms with E-state index in [2.05, 4.69) is 37.0 Å². The number of likely N-dealkylation sites (N-methyl/N-ethyl adjacent to an activating group) is 1. The number of hydrogen-bond acceptors (Lipinski definition) is 8. The second-order valence-electron chi connectivity index (χ2n) is 6.35. The second-order valence-corrected chi connectivity index (χ2v) is 6.35. The molecule has 8 heteroatoms. The molecule has 0 aliphatic carbocycles. The largest absolute Gasteiger partial charge is 0.497 e. The van der Waals surface area contributed by atoms with Crippen LogP contribution in [0.3, 0.4) is 0 Å². The van der Waals surface area contributed by atoms with E-state index in [1.165, 1.54) is 0 Å². The molecule has 0 atom stereocenters. The maximum absolute atomic E-state index is 5.87. The van der Waals surface area contributed by atoms with Gasteiger partial charge in [0.25, 0.3) is 0 Å². The fraction of sp³-hybridized carbons (Fsp3) is 0.500. The third-order valence-corrected chi connectivity index (χ3v) is 4.59. The molecule has 26 heavy (non-hydrogen) atoms. The van der Waals surface area contributed by atoms with Crippen LogP contribution in [0.15, 0.2) is 24.3 Å². The van der Waals surface area contributed by atoms with Gasteiger partial charge in [-0.25, -0.2) is 0 Å². The summed E-state index contributed by atoms with van der Waals surface area (Å²) in [6.07, 6.45) is 0. The molecule has 0 spiro atoms. The zero-order chi connectivity index (χ0) is 18.4. The van der Waals surface area contributed by atoms with Gasteiger partial charge in [-0.2, -0.15) is 15.0 Å². The van der Waals surface area contributed by atoms with Gasteiger partial charge in [0.15, 0.2) is 0 Å². The van der Waals surface area contributed by atoms with Crippen molar-refractivity contribution in [2.24, 2.45) is 0 Å². The average molecular weight is 357 g/mol. The van der Waals surface area contributed by atoms with Gasteiger partial charge < -0.3 is 20.7 Å². The number of anilines is 2. The maximum atomic E-state index is 5.87. The second kappa shape index (κ2) is 8.77. The molecule has 1 aromatic heterocycles. The smallest absolute Gasteiger partial charge is 0.228 e. The number of nitrogens with zero attached hydrogens (tertiary/aromatic N) is 5. The first-order valence-corrected chi connectivity index (χ1v) is 8.98. The van der Waals surface area contributed by atoms with Crippen LogP contribution in [-0.4, -0.2) is 64.6 Å². The van der Waals surface area contributed by atoms with Gasteiger partial charge in [-0.05, 0) is 24.2 Å². The van der Waals surface area contributed by atoms with E-state index in [9.17, 15) is 0 Å². The molecule has 8 nitrogen and oxygen atoms in total. The minimum Gasteiger partial charge on any atom is -0.497 e. The number of nitrogen functional groups attached to an aromatic ring is 1. The van der Waals surface area contributed by atoms with Crippen LogP contribution in [0.1, 0.15) is 18.3 Å². The predicted molar refractivity (Wildman–Crippen MR) is 102 cm³/mol. The maximum Gasteiger partial charge on any atom is 0.228 e. The average Bonchev–Trinajstić information content (AvgIpc) is 2.67. The summed E-state index contributed by atoms with van der Waals surface area (Å²) < 4.78 is 5.17. The first-order chi connectivity index (χ1) is 12.7. The van der Waals surface area contributed by atoms with Gasteiger partial charge >= 0.3 is 0 Å². The first kappa shape index (κ1) is 18.3. The van der Waals surface area contributed by atoms with Crippen LogP contribution in [0.4, 0.5) is 11.9 Å². The van der Waals surface area contributed by atoms with E-state index in [0.29, 0.717) is 24.9 Å². The van der Waals surface area contributed by atoms with Gasteiger partial charge in [0, 0.05) is 32.7 Å². The van der Waals surface area contributed by atoms with Crippen molar-refractivity contribution in [3.63, 3.8) is 0 Å². The molecular formula is C18H27N7O. The molecule has 0 saturated carbocycles. The molecule has 1 saturated heterocycles. The van der Waals surface area contributed by atoms with Gasteiger partial charge in [-0.3, -0.25) is 4.90 Å². The Labute approximate surface area is 154 Å². The summed E-state index contributed by atoms with van der Waals surface area (Å²) in [7, 11) is 1.66. The predicted octanol–water partition coefficient (Wildman–Crippen LogP) is 1.21. The molecule has 1 fully saturated rings. The normalized spacial score (nSPS) is 15.8. The zero-order valence-corrected chi connectivity index (χ0v) is 15.5. The van der Waals surface area contributed by atoms with Crippen LogP contribution in [-0.2, 0) is 13.1 Å². The summed E-state index contributed by atoms with van der Waals surface area (Å²) >= 11 is 0. The first-order valence-electron chi connectivity index (χ1n) is 8.98. The van der Waals surface area contributed by atoms with Crippen LogP contribution in [0.25, 0.3) is 0 Å². The Bertz CT molecular complexity index is 699. The Hall–Kier alpha value is -2.45. The topological polar surface area (TPSA) is 92.4 Å². The number of nitrogens with two attached hydrogens (primary N) is 1. The summed E-state index contributed by atoms with van der Waals surface area (Å²) in [6.45, 7) is 8.82. The number of nitrogens with one attached hydrogen (secondary N) is 1. The monoisotopic (exact) mass is 357 g/mol. The van der Waals surface area contributed by atoms with E-state index < -0.39 is 0 Å². The summed E-state index contributed by atoms with van der Waals surface area (Å²) in [5, 5.41) is 3.22. The van der Waals surface area contributed by atoms with Crippen LogP contribution in [0.2, 0.25) is 0 Å². The van der Waals surface area contributed by atoms with Crippen LogP contribution in [0, 0.1) is 0 Å². The van der Waals surface area contributed by atoms with E-state index in [-0.39, 0.29) is 5.95 Å². The molecular weight excluding hydrogens is 330 g/mol. The molecule has 3 rings (SSSR count). The Morgan fingerprint density at radius 2 is 1.73 bits per heavy atom. The van der Waals surface area contributed by atoms with Gasteiger partial charge in [-0.1, -0.05) is 19.1 Å². The van der Waals surface area contributed by atoms with Crippen molar-refractivity contribution in [3.8, 4) is 5.75 Å². The summed E-state index contributed by atoms with van der Waals surface area (Å²) in [4.78, 5) is 17.8. The van der Waals surface area contributed by atoms with Crippen molar-refractivity contribution in [1.29, 1.82) is 0 Å². The number of ether oxygens (including phenoxy) is 1. The number of aromatic nitrogens is 3. The highest BCUT2D eigenvalue weighted by molar-refractivity contribution is 5.34. The van der Waals surface area contributed by atoms with Crippen molar-refractivity contribution >= 4 is 11.9 Å². The van der Waals surface area contributed by atoms with Crippen molar-refractivity contribution < 1.29 is 4.74 Å². The van der Waals surface area contributed by atoms with E-state index in [1.807, 2.05) is 24.3 Å².